The minimum absolute atomic E-state index is 0.0462. The molecule has 1 aliphatic heterocycles. The summed E-state index contributed by atoms with van der Waals surface area (Å²) in [7, 11) is 3.22. The molecule has 0 bridgehead atoms. The second-order valence-electron chi connectivity index (χ2n) is 10.0. The van der Waals surface area contributed by atoms with Crippen LogP contribution in [0.2, 0.25) is 0 Å². The summed E-state index contributed by atoms with van der Waals surface area (Å²) in [6.45, 7) is 1.42. The maximum atomic E-state index is 15.2. The van der Waals surface area contributed by atoms with Crippen LogP contribution in [0.15, 0.2) is 35.2 Å². The van der Waals surface area contributed by atoms with Crippen molar-refractivity contribution in [3.05, 3.63) is 65.0 Å². The molecule has 11 heteroatoms. The molecule has 2 aliphatic rings. The number of halogens is 2. The average molecular weight is 508 g/mol. The maximum absolute atomic E-state index is 15.2. The lowest BCUT2D eigenvalue weighted by atomic mass is 10.0. The van der Waals surface area contributed by atoms with Crippen molar-refractivity contribution in [3.8, 4) is 0 Å². The lowest BCUT2D eigenvalue weighted by Crippen LogP contribution is -2.34. The van der Waals surface area contributed by atoms with Gasteiger partial charge in [-0.15, -0.1) is 0 Å². The summed E-state index contributed by atoms with van der Waals surface area (Å²) in [5.74, 6) is -0.0249. The first-order valence-electron chi connectivity index (χ1n) is 12.5. The number of amides is 1. The third-order valence-corrected chi connectivity index (χ3v) is 7.21. The molecule has 1 saturated heterocycles. The zero-order valence-corrected chi connectivity index (χ0v) is 20.7. The van der Waals surface area contributed by atoms with Crippen LogP contribution in [0.1, 0.15) is 65.1 Å². The maximum Gasteiger partial charge on any atom is 0.324 e. The first-order chi connectivity index (χ1) is 17.9. The molecule has 0 radical (unpaired) electrons. The van der Waals surface area contributed by atoms with E-state index < -0.39 is 11.6 Å². The number of fused-ring (bicyclic) bond motifs is 1. The molecule has 2 fully saturated rings. The van der Waals surface area contributed by atoms with E-state index >= 15 is 4.39 Å². The number of rotatable bonds is 6. The molecule has 192 valence electrons. The number of benzene rings is 1. The van der Waals surface area contributed by atoms with Crippen LogP contribution in [0.4, 0.5) is 14.8 Å². The highest BCUT2D eigenvalue weighted by Crippen LogP contribution is 2.39. The lowest BCUT2D eigenvalue weighted by molar-refractivity contribution is 0.0827. The topological polar surface area (TPSA) is 93.2 Å². The van der Waals surface area contributed by atoms with E-state index in [9.17, 15) is 9.18 Å². The van der Waals surface area contributed by atoms with Crippen molar-refractivity contribution < 1.29 is 18.1 Å². The molecule has 1 aromatic carbocycles. The molecule has 1 aliphatic carbocycles. The Morgan fingerprint density at radius 3 is 2.59 bits per heavy atom. The van der Waals surface area contributed by atoms with Gasteiger partial charge in [-0.2, -0.15) is 4.98 Å². The molecule has 1 amide bonds. The summed E-state index contributed by atoms with van der Waals surface area (Å²) in [5.41, 5.74) is 1.49. The first kappa shape index (κ1) is 23.5. The summed E-state index contributed by atoms with van der Waals surface area (Å²) >= 11 is 0. The number of carbonyl (C=O) groups is 1. The monoisotopic (exact) mass is 507 g/mol. The van der Waals surface area contributed by atoms with E-state index in [1.807, 2.05) is 4.57 Å². The minimum atomic E-state index is -0.530. The average Bonchev–Trinajstić information content (AvgIpc) is 3.53. The van der Waals surface area contributed by atoms with Gasteiger partial charge in [0.05, 0.1) is 11.1 Å². The van der Waals surface area contributed by atoms with Gasteiger partial charge in [-0.1, -0.05) is 11.2 Å². The number of piperidine rings is 1. The first-order valence-corrected chi connectivity index (χ1v) is 12.5. The van der Waals surface area contributed by atoms with E-state index in [0.29, 0.717) is 47.3 Å². The number of nitrogens with zero attached hydrogens (tertiary/aromatic N) is 7. The number of aromatic nitrogens is 5. The van der Waals surface area contributed by atoms with Gasteiger partial charge >= 0.3 is 6.01 Å². The number of hydrogen-bond donors (Lipinski definition) is 0. The Labute approximate surface area is 212 Å². The number of carbonyl (C=O) groups excluding carboxylic acids is 1. The van der Waals surface area contributed by atoms with Gasteiger partial charge in [0.25, 0.3) is 5.91 Å². The molecular weight excluding hydrogens is 480 g/mol. The predicted molar refractivity (Wildman–Crippen MR) is 131 cm³/mol. The van der Waals surface area contributed by atoms with E-state index in [-0.39, 0.29) is 23.9 Å². The molecule has 9 nitrogen and oxygen atoms in total. The van der Waals surface area contributed by atoms with Gasteiger partial charge in [-0.05, 0) is 43.4 Å². The van der Waals surface area contributed by atoms with E-state index in [0.717, 1.165) is 31.5 Å². The quantitative estimate of drug-likeness (QED) is 0.388. The molecule has 0 atom stereocenters. The van der Waals surface area contributed by atoms with Crippen LogP contribution in [0.5, 0.6) is 0 Å². The summed E-state index contributed by atoms with van der Waals surface area (Å²) < 4.78 is 37.4. The largest absolute Gasteiger partial charge is 0.345 e. The van der Waals surface area contributed by atoms with Crippen LogP contribution >= 0.6 is 0 Å². The Morgan fingerprint density at radius 2 is 1.89 bits per heavy atom. The summed E-state index contributed by atoms with van der Waals surface area (Å²) in [4.78, 5) is 28.8. The second-order valence-corrected chi connectivity index (χ2v) is 10.0. The van der Waals surface area contributed by atoms with E-state index in [2.05, 4.69) is 25.0 Å². The van der Waals surface area contributed by atoms with Crippen molar-refractivity contribution in [1.29, 1.82) is 0 Å². The minimum Gasteiger partial charge on any atom is -0.345 e. The highest BCUT2D eigenvalue weighted by atomic mass is 19.1. The Kier molecular flexibility index (Phi) is 5.85. The molecule has 6 rings (SSSR count). The third-order valence-electron chi connectivity index (χ3n) is 7.21. The Hall–Kier alpha value is -3.89. The summed E-state index contributed by atoms with van der Waals surface area (Å²) in [6.07, 6.45) is 6.70. The lowest BCUT2D eigenvalue weighted by Gasteiger charge is -2.31. The summed E-state index contributed by atoms with van der Waals surface area (Å²) in [5, 5.41) is 4.40. The van der Waals surface area contributed by atoms with Crippen molar-refractivity contribution in [3.63, 3.8) is 0 Å². The molecule has 1 saturated carbocycles. The smallest absolute Gasteiger partial charge is 0.324 e. The zero-order chi connectivity index (χ0) is 25.7. The molecule has 0 spiro atoms. The molecule has 0 unspecified atom stereocenters. The number of anilines is 1. The van der Waals surface area contributed by atoms with Crippen LogP contribution in [0.25, 0.3) is 11.0 Å². The SMILES string of the molecule is CN(C)C(=O)c1ccc(Cc2ncnc3c2c(F)cn3C2CCN(c3nc(C4CC4)no3)CC2)c(F)c1. The van der Waals surface area contributed by atoms with Crippen LogP contribution in [-0.4, -0.2) is 62.7 Å². The number of hydrogen-bond acceptors (Lipinski definition) is 7. The normalized spacial score (nSPS) is 16.5. The fourth-order valence-electron chi connectivity index (χ4n) is 4.97. The van der Waals surface area contributed by atoms with E-state index in [1.54, 1.807) is 26.2 Å². The van der Waals surface area contributed by atoms with Gasteiger partial charge in [-0.3, -0.25) is 4.79 Å². The Balaban J connectivity index is 1.21. The van der Waals surface area contributed by atoms with Gasteiger partial charge in [0, 0.05) is 57.3 Å². The van der Waals surface area contributed by atoms with Crippen molar-refractivity contribution in [2.24, 2.45) is 0 Å². The highest BCUT2D eigenvalue weighted by Gasteiger charge is 2.31. The van der Waals surface area contributed by atoms with Crippen molar-refractivity contribution >= 4 is 23.0 Å². The van der Waals surface area contributed by atoms with Gasteiger partial charge in [0.2, 0.25) is 0 Å². The van der Waals surface area contributed by atoms with Crippen molar-refractivity contribution in [2.45, 2.75) is 44.1 Å². The molecule has 0 N–H and O–H groups in total. The fraction of sp³-hybridized carbons (Fsp3) is 0.423. The van der Waals surface area contributed by atoms with Gasteiger partial charge in [0.15, 0.2) is 11.6 Å². The highest BCUT2D eigenvalue weighted by molar-refractivity contribution is 5.94. The molecule has 3 aromatic heterocycles. The standard InChI is InChI=1S/C26H27F2N7O2/c1-33(2)25(36)17-6-5-16(19(27)11-17)12-21-22-20(28)13-35(24(22)30-14-29-21)18-7-9-34(10-8-18)26-31-23(32-37-26)15-3-4-15/h5-6,11,13-15,18H,3-4,7-10,12H2,1-2H3. The van der Waals surface area contributed by atoms with Crippen molar-refractivity contribution in [1.82, 2.24) is 29.6 Å². The van der Waals surface area contributed by atoms with Crippen molar-refractivity contribution in [2.75, 3.05) is 32.1 Å². The van der Waals surface area contributed by atoms with Gasteiger partial charge < -0.3 is 18.9 Å². The predicted octanol–water partition coefficient (Wildman–Crippen LogP) is 4.10. The molecular formula is C26H27F2N7O2. The second kappa shape index (κ2) is 9.20. The Morgan fingerprint density at radius 1 is 1.11 bits per heavy atom. The Bertz CT molecular complexity index is 1470. The van der Waals surface area contributed by atoms with Crippen LogP contribution in [0.3, 0.4) is 0 Å². The molecule has 37 heavy (non-hydrogen) atoms. The van der Waals surface area contributed by atoms with E-state index in [1.165, 1.54) is 23.5 Å². The van der Waals surface area contributed by atoms with Gasteiger partial charge in [0.1, 0.15) is 17.8 Å². The van der Waals surface area contributed by atoms with Gasteiger partial charge in [-0.25, -0.2) is 18.7 Å². The van der Waals surface area contributed by atoms with Crippen LogP contribution < -0.4 is 4.90 Å². The van der Waals surface area contributed by atoms with E-state index in [4.69, 9.17) is 4.52 Å². The molecule has 4 aromatic rings. The van der Waals surface area contributed by atoms with Crippen LogP contribution in [0, 0.1) is 11.6 Å². The molecule has 4 heterocycles. The fourth-order valence-corrected chi connectivity index (χ4v) is 4.97. The van der Waals surface area contributed by atoms with Crippen LogP contribution in [-0.2, 0) is 6.42 Å². The zero-order valence-electron chi connectivity index (χ0n) is 20.7. The summed E-state index contributed by atoms with van der Waals surface area (Å²) in [6, 6.07) is 4.93. The third kappa shape index (κ3) is 4.42.